The molecule has 0 bridgehead atoms. The van der Waals surface area contributed by atoms with Gasteiger partial charge in [-0.15, -0.1) is 0 Å². The molecular formula is C16H20Cl3NO2. The van der Waals surface area contributed by atoms with Gasteiger partial charge in [0.1, 0.15) is 5.75 Å². The van der Waals surface area contributed by atoms with E-state index in [9.17, 15) is 4.79 Å². The third kappa shape index (κ3) is 4.43. The summed E-state index contributed by atoms with van der Waals surface area (Å²) >= 11 is 17.8. The van der Waals surface area contributed by atoms with Crippen molar-refractivity contribution in [2.75, 3.05) is 6.61 Å². The first-order valence-electron chi connectivity index (χ1n) is 7.45. The van der Waals surface area contributed by atoms with Crippen molar-refractivity contribution in [1.82, 2.24) is 5.32 Å². The summed E-state index contributed by atoms with van der Waals surface area (Å²) in [5.74, 6) is 1.32. The minimum atomic E-state index is -0.145. The van der Waals surface area contributed by atoms with E-state index in [0.717, 1.165) is 12.8 Å². The number of hydrogen-bond acceptors (Lipinski definition) is 2. The van der Waals surface area contributed by atoms with Crippen molar-refractivity contribution in [3.8, 4) is 5.75 Å². The Morgan fingerprint density at radius 1 is 1.18 bits per heavy atom. The van der Waals surface area contributed by atoms with E-state index in [-0.39, 0.29) is 18.6 Å². The van der Waals surface area contributed by atoms with Crippen LogP contribution in [0.5, 0.6) is 5.75 Å². The summed E-state index contributed by atoms with van der Waals surface area (Å²) in [4.78, 5) is 12.1. The fraction of sp³-hybridized carbons (Fsp3) is 0.562. The Morgan fingerprint density at radius 3 is 2.59 bits per heavy atom. The largest absolute Gasteiger partial charge is 0.482 e. The monoisotopic (exact) mass is 363 g/mol. The predicted octanol–water partition coefficient (Wildman–Crippen LogP) is 4.97. The van der Waals surface area contributed by atoms with Gasteiger partial charge < -0.3 is 10.1 Å². The molecule has 1 fully saturated rings. The van der Waals surface area contributed by atoms with Gasteiger partial charge in [0.25, 0.3) is 5.91 Å². The normalized spacial score (nSPS) is 24.9. The van der Waals surface area contributed by atoms with Gasteiger partial charge in [0.15, 0.2) is 6.61 Å². The molecule has 0 spiro atoms. The fourth-order valence-electron chi connectivity index (χ4n) is 2.79. The minimum absolute atomic E-state index is 0.0880. The number of hydrogen-bond donors (Lipinski definition) is 1. The molecule has 1 aromatic rings. The molecular weight excluding hydrogens is 345 g/mol. The van der Waals surface area contributed by atoms with Gasteiger partial charge >= 0.3 is 0 Å². The van der Waals surface area contributed by atoms with Gasteiger partial charge in [-0.3, -0.25) is 4.79 Å². The van der Waals surface area contributed by atoms with Gasteiger partial charge in [0.05, 0.1) is 15.1 Å². The van der Waals surface area contributed by atoms with Crippen LogP contribution in [0.3, 0.4) is 0 Å². The Kier molecular flexibility index (Phi) is 6.25. The molecule has 1 aromatic carbocycles. The Morgan fingerprint density at radius 2 is 1.86 bits per heavy atom. The average molecular weight is 365 g/mol. The van der Waals surface area contributed by atoms with E-state index in [2.05, 4.69) is 19.2 Å². The second-order valence-corrected chi connectivity index (χ2v) is 7.15. The lowest BCUT2D eigenvalue weighted by molar-refractivity contribution is -0.124. The van der Waals surface area contributed by atoms with Crippen LogP contribution < -0.4 is 10.1 Å². The number of rotatable bonds is 4. The number of nitrogens with one attached hydrogen (secondary N) is 1. The Hall–Kier alpha value is -0.640. The quantitative estimate of drug-likeness (QED) is 0.766. The molecule has 6 heteroatoms. The summed E-state index contributed by atoms with van der Waals surface area (Å²) in [6.45, 7) is 4.33. The molecule has 0 heterocycles. The van der Waals surface area contributed by atoms with Crippen molar-refractivity contribution in [2.45, 2.75) is 39.2 Å². The lowest BCUT2D eigenvalue weighted by Crippen LogP contribution is -2.45. The molecule has 0 aliphatic heterocycles. The lowest BCUT2D eigenvalue weighted by atomic mass is 9.78. The molecule has 0 radical (unpaired) electrons. The van der Waals surface area contributed by atoms with Gasteiger partial charge in [0.2, 0.25) is 0 Å². The van der Waals surface area contributed by atoms with Crippen molar-refractivity contribution in [3.63, 3.8) is 0 Å². The van der Waals surface area contributed by atoms with Crippen LogP contribution in [0.2, 0.25) is 15.1 Å². The zero-order valence-corrected chi connectivity index (χ0v) is 14.9. The van der Waals surface area contributed by atoms with E-state index in [0.29, 0.717) is 32.7 Å². The van der Waals surface area contributed by atoms with Crippen molar-refractivity contribution < 1.29 is 9.53 Å². The molecule has 122 valence electrons. The zero-order chi connectivity index (χ0) is 16.3. The second-order valence-electron chi connectivity index (χ2n) is 5.93. The molecule has 1 amide bonds. The number of ether oxygens (including phenoxy) is 1. The molecule has 3 atom stereocenters. The molecule has 0 aromatic heterocycles. The van der Waals surface area contributed by atoms with Gasteiger partial charge in [0, 0.05) is 12.1 Å². The SMILES string of the molecule is C[C@@H]1[C@H](C)CCC[C@H]1NC(=O)COc1cc(Cl)c(Cl)cc1Cl. The highest BCUT2D eigenvalue weighted by Crippen LogP contribution is 2.34. The standard InChI is InChI=1S/C16H20Cl3NO2/c1-9-4-3-5-14(10(9)2)20-16(21)8-22-15-7-12(18)11(17)6-13(15)19/h6-7,9-10,14H,3-5,8H2,1-2H3,(H,20,21)/t9-,10-,14-/m1/s1. The summed E-state index contributed by atoms with van der Waals surface area (Å²) < 4.78 is 5.45. The van der Waals surface area contributed by atoms with Crippen LogP contribution in [-0.4, -0.2) is 18.6 Å². The highest BCUT2D eigenvalue weighted by molar-refractivity contribution is 6.43. The summed E-state index contributed by atoms with van der Waals surface area (Å²) in [6.07, 6.45) is 3.39. The van der Waals surface area contributed by atoms with Gasteiger partial charge in [-0.25, -0.2) is 0 Å². The molecule has 1 aliphatic rings. The number of amides is 1. The maximum Gasteiger partial charge on any atom is 0.258 e. The topological polar surface area (TPSA) is 38.3 Å². The average Bonchev–Trinajstić information content (AvgIpc) is 2.46. The summed E-state index contributed by atoms with van der Waals surface area (Å²) in [6, 6.07) is 3.23. The molecule has 0 saturated heterocycles. The van der Waals surface area contributed by atoms with Crippen molar-refractivity contribution in [2.24, 2.45) is 11.8 Å². The highest BCUT2D eigenvalue weighted by atomic mass is 35.5. The zero-order valence-electron chi connectivity index (χ0n) is 12.7. The number of benzene rings is 1. The third-order valence-corrected chi connectivity index (χ3v) is 5.40. The van der Waals surface area contributed by atoms with Gasteiger partial charge in [-0.1, -0.05) is 61.5 Å². The Labute approximate surface area is 146 Å². The second kappa shape index (κ2) is 7.76. The van der Waals surface area contributed by atoms with Crippen LogP contribution in [0.4, 0.5) is 0 Å². The van der Waals surface area contributed by atoms with Crippen molar-refractivity contribution >= 4 is 40.7 Å². The number of carbonyl (C=O) groups excluding carboxylic acids is 1. The molecule has 3 nitrogen and oxygen atoms in total. The van der Waals surface area contributed by atoms with E-state index in [1.807, 2.05) is 0 Å². The maximum absolute atomic E-state index is 12.1. The number of halogens is 3. The first-order valence-corrected chi connectivity index (χ1v) is 8.58. The fourth-order valence-corrected chi connectivity index (χ4v) is 3.38. The van der Waals surface area contributed by atoms with E-state index in [1.54, 1.807) is 0 Å². The number of carbonyl (C=O) groups is 1. The van der Waals surface area contributed by atoms with E-state index in [1.165, 1.54) is 18.6 Å². The van der Waals surface area contributed by atoms with Crippen LogP contribution in [0, 0.1) is 11.8 Å². The predicted molar refractivity (Wildman–Crippen MR) is 91.1 cm³/mol. The molecule has 2 rings (SSSR count). The van der Waals surface area contributed by atoms with Crippen molar-refractivity contribution in [1.29, 1.82) is 0 Å². The van der Waals surface area contributed by atoms with Crippen LogP contribution in [0.15, 0.2) is 12.1 Å². The van der Waals surface area contributed by atoms with Crippen LogP contribution in [-0.2, 0) is 4.79 Å². The van der Waals surface area contributed by atoms with Gasteiger partial charge in [-0.05, 0) is 24.3 Å². The van der Waals surface area contributed by atoms with Crippen LogP contribution in [0.1, 0.15) is 33.1 Å². The van der Waals surface area contributed by atoms with Crippen molar-refractivity contribution in [3.05, 3.63) is 27.2 Å². The van der Waals surface area contributed by atoms with E-state index in [4.69, 9.17) is 39.5 Å². The van der Waals surface area contributed by atoms with Gasteiger partial charge in [-0.2, -0.15) is 0 Å². The molecule has 1 saturated carbocycles. The highest BCUT2D eigenvalue weighted by Gasteiger charge is 2.28. The lowest BCUT2D eigenvalue weighted by Gasteiger charge is -2.34. The van der Waals surface area contributed by atoms with E-state index >= 15 is 0 Å². The Bertz CT molecular complexity index is 550. The minimum Gasteiger partial charge on any atom is -0.482 e. The summed E-state index contributed by atoms with van der Waals surface area (Å²) in [5, 5.41) is 4.08. The third-order valence-electron chi connectivity index (χ3n) is 4.39. The smallest absolute Gasteiger partial charge is 0.258 e. The first kappa shape index (κ1) is 17.7. The first-order chi connectivity index (χ1) is 10.4. The molecule has 22 heavy (non-hydrogen) atoms. The summed E-state index contributed by atoms with van der Waals surface area (Å²) in [5.41, 5.74) is 0. The van der Waals surface area contributed by atoms with Crippen LogP contribution in [0.25, 0.3) is 0 Å². The molecule has 1 N–H and O–H groups in total. The maximum atomic E-state index is 12.1. The molecule has 0 unspecified atom stereocenters. The Balaban J connectivity index is 1.89. The summed E-state index contributed by atoms with van der Waals surface area (Å²) in [7, 11) is 0. The van der Waals surface area contributed by atoms with Crippen LogP contribution >= 0.6 is 34.8 Å². The molecule has 1 aliphatic carbocycles. The van der Waals surface area contributed by atoms with E-state index < -0.39 is 0 Å².